The molecule has 0 amide bonds. The predicted octanol–water partition coefficient (Wildman–Crippen LogP) is 4.26. The molecule has 0 radical (unpaired) electrons. The van der Waals surface area contributed by atoms with E-state index < -0.39 is 0 Å². The molecule has 29 heavy (non-hydrogen) atoms. The molecule has 0 unspecified atom stereocenters. The Morgan fingerprint density at radius 2 is 1.93 bits per heavy atom. The predicted molar refractivity (Wildman–Crippen MR) is 119 cm³/mol. The third kappa shape index (κ3) is 4.54. The lowest BCUT2D eigenvalue weighted by molar-refractivity contribution is 0.301. The molecule has 4 rings (SSSR count). The van der Waals surface area contributed by atoms with Gasteiger partial charge in [0.2, 0.25) is 0 Å². The molecule has 0 aliphatic heterocycles. The Kier molecular flexibility index (Phi) is 6.31. The van der Waals surface area contributed by atoms with Gasteiger partial charge < -0.3 is 9.64 Å². The van der Waals surface area contributed by atoms with Crippen molar-refractivity contribution in [1.82, 2.24) is 14.5 Å². The van der Waals surface area contributed by atoms with Crippen LogP contribution in [0.2, 0.25) is 0 Å². The number of fused-ring (bicyclic) bond motifs is 3. The molecule has 1 aromatic carbocycles. The highest BCUT2D eigenvalue weighted by Gasteiger charge is 2.22. The van der Waals surface area contributed by atoms with E-state index in [1.54, 1.807) is 11.3 Å². The van der Waals surface area contributed by atoms with Crippen LogP contribution in [0.15, 0.2) is 35.1 Å². The maximum Gasteiger partial charge on any atom is 0.262 e. The summed E-state index contributed by atoms with van der Waals surface area (Å²) in [5.74, 6) is 1.76. The topological polar surface area (TPSA) is 47.4 Å². The van der Waals surface area contributed by atoms with Gasteiger partial charge in [-0.05, 0) is 70.3 Å². The van der Waals surface area contributed by atoms with Crippen LogP contribution in [0.25, 0.3) is 10.2 Å². The number of thiophene rings is 1. The lowest BCUT2D eigenvalue weighted by Gasteiger charge is -2.16. The van der Waals surface area contributed by atoms with Crippen LogP contribution in [0.3, 0.4) is 0 Å². The Morgan fingerprint density at radius 3 is 2.72 bits per heavy atom. The average molecular weight is 412 g/mol. The van der Waals surface area contributed by atoms with Crippen molar-refractivity contribution in [3.8, 4) is 5.75 Å². The fraction of sp³-hybridized carbons (Fsp3) is 0.478. The van der Waals surface area contributed by atoms with E-state index in [-0.39, 0.29) is 5.56 Å². The summed E-state index contributed by atoms with van der Waals surface area (Å²) < 4.78 is 7.70. The number of benzene rings is 1. The van der Waals surface area contributed by atoms with Gasteiger partial charge in [0, 0.05) is 11.4 Å². The van der Waals surface area contributed by atoms with Crippen LogP contribution in [-0.2, 0) is 25.9 Å². The highest BCUT2D eigenvalue weighted by Crippen LogP contribution is 2.33. The average Bonchev–Trinajstić information content (AvgIpc) is 3.08. The lowest BCUT2D eigenvalue weighted by atomic mass is 9.97. The molecular formula is C23H29N3O2S. The van der Waals surface area contributed by atoms with Crippen molar-refractivity contribution in [3.63, 3.8) is 0 Å². The van der Waals surface area contributed by atoms with Gasteiger partial charge in [-0.3, -0.25) is 9.36 Å². The van der Waals surface area contributed by atoms with E-state index in [9.17, 15) is 4.79 Å². The Bertz CT molecular complexity index is 1020. The van der Waals surface area contributed by atoms with Crippen molar-refractivity contribution < 1.29 is 4.74 Å². The van der Waals surface area contributed by atoms with E-state index in [2.05, 4.69) is 4.90 Å². The quantitative estimate of drug-likeness (QED) is 0.520. The summed E-state index contributed by atoms with van der Waals surface area (Å²) in [6, 6.07) is 9.88. The van der Waals surface area contributed by atoms with Crippen LogP contribution in [0.5, 0.6) is 5.75 Å². The van der Waals surface area contributed by atoms with Gasteiger partial charge in [0.1, 0.15) is 16.4 Å². The minimum Gasteiger partial charge on any atom is -0.494 e. The van der Waals surface area contributed by atoms with Gasteiger partial charge in [0.25, 0.3) is 5.56 Å². The summed E-state index contributed by atoms with van der Waals surface area (Å²) in [4.78, 5) is 22.8. The van der Waals surface area contributed by atoms with Crippen LogP contribution < -0.4 is 10.3 Å². The normalized spacial score (nSPS) is 13.8. The Labute approximate surface area is 176 Å². The third-order valence-corrected chi connectivity index (χ3v) is 6.59. The SMILES string of the molecule is CN(C)Cc1nc2sc3c(c2c(=O)n1CCCCOc1ccccc1)CCCC3. The van der Waals surface area contributed by atoms with Gasteiger partial charge in [-0.25, -0.2) is 4.98 Å². The minimum absolute atomic E-state index is 0.148. The molecule has 0 N–H and O–H groups in total. The number of rotatable bonds is 8. The molecule has 0 saturated carbocycles. The molecule has 2 heterocycles. The van der Waals surface area contributed by atoms with Gasteiger partial charge in [0.15, 0.2) is 0 Å². The molecule has 0 spiro atoms. The zero-order valence-corrected chi connectivity index (χ0v) is 18.1. The van der Waals surface area contributed by atoms with Crippen molar-refractivity contribution in [2.24, 2.45) is 0 Å². The summed E-state index contributed by atoms with van der Waals surface area (Å²) in [7, 11) is 4.04. The van der Waals surface area contributed by atoms with Crippen molar-refractivity contribution in [3.05, 3.63) is 57.0 Å². The standard InChI is InChI=1S/C23H29N3O2S/c1-25(2)16-20-24-22-21(18-12-6-7-13-19(18)29-22)23(27)26(20)14-8-9-15-28-17-10-4-3-5-11-17/h3-5,10-11H,6-9,12-16H2,1-2H3. The lowest BCUT2D eigenvalue weighted by Crippen LogP contribution is -2.28. The van der Waals surface area contributed by atoms with Crippen molar-refractivity contribution in [2.75, 3.05) is 20.7 Å². The first-order valence-corrected chi connectivity index (χ1v) is 11.3. The van der Waals surface area contributed by atoms with Gasteiger partial charge in [-0.2, -0.15) is 0 Å². The van der Waals surface area contributed by atoms with Crippen LogP contribution in [0.4, 0.5) is 0 Å². The van der Waals surface area contributed by atoms with Crippen LogP contribution in [-0.4, -0.2) is 35.2 Å². The van der Waals surface area contributed by atoms with Crippen LogP contribution >= 0.6 is 11.3 Å². The molecule has 3 aromatic rings. The Morgan fingerprint density at radius 1 is 1.14 bits per heavy atom. The summed E-state index contributed by atoms with van der Waals surface area (Å²) in [6.45, 7) is 2.02. The number of aromatic nitrogens is 2. The highest BCUT2D eigenvalue weighted by molar-refractivity contribution is 7.18. The van der Waals surface area contributed by atoms with Gasteiger partial charge in [0.05, 0.1) is 18.5 Å². The van der Waals surface area contributed by atoms with Crippen molar-refractivity contribution in [2.45, 2.75) is 51.6 Å². The van der Waals surface area contributed by atoms with Crippen LogP contribution in [0, 0.1) is 0 Å². The van der Waals surface area contributed by atoms with E-state index in [4.69, 9.17) is 9.72 Å². The summed E-state index contributed by atoms with van der Waals surface area (Å²) >= 11 is 1.73. The van der Waals surface area contributed by atoms with Gasteiger partial charge in [-0.15, -0.1) is 11.3 Å². The van der Waals surface area contributed by atoms with E-state index in [0.717, 1.165) is 47.5 Å². The summed E-state index contributed by atoms with van der Waals surface area (Å²) in [5, 5.41) is 0.882. The maximum atomic E-state index is 13.4. The second-order valence-corrected chi connectivity index (χ2v) is 9.07. The zero-order valence-electron chi connectivity index (χ0n) is 17.3. The molecule has 0 atom stereocenters. The number of hydrogen-bond donors (Lipinski definition) is 0. The first-order valence-electron chi connectivity index (χ1n) is 10.5. The zero-order chi connectivity index (χ0) is 20.2. The molecule has 0 bridgehead atoms. The third-order valence-electron chi connectivity index (χ3n) is 5.40. The Balaban J connectivity index is 1.53. The number of aryl methyl sites for hydroxylation is 2. The highest BCUT2D eigenvalue weighted by atomic mass is 32.1. The maximum absolute atomic E-state index is 13.4. The molecule has 0 fully saturated rings. The number of hydrogen-bond acceptors (Lipinski definition) is 5. The minimum atomic E-state index is 0.148. The van der Waals surface area contributed by atoms with E-state index in [1.165, 1.54) is 23.3 Å². The summed E-state index contributed by atoms with van der Waals surface area (Å²) in [6.07, 6.45) is 6.31. The molecule has 0 saturated heterocycles. The fourth-order valence-corrected chi connectivity index (χ4v) is 5.26. The van der Waals surface area contributed by atoms with Crippen molar-refractivity contribution >= 4 is 21.6 Å². The second-order valence-electron chi connectivity index (χ2n) is 7.98. The number of nitrogens with zero attached hydrogens (tertiary/aromatic N) is 3. The molecule has 154 valence electrons. The first-order chi connectivity index (χ1) is 14.1. The molecular weight excluding hydrogens is 382 g/mol. The summed E-state index contributed by atoms with van der Waals surface area (Å²) in [5.41, 5.74) is 1.42. The number of para-hydroxylation sites is 1. The van der Waals surface area contributed by atoms with E-state index in [0.29, 0.717) is 19.7 Å². The monoisotopic (exact) mass is 411 g/mol. The second kappa shape index (κ2) is 9.09. The number of ether oxygens (including phenoxy) is 1. The van der Waals surface area contributed by atoms with Crippen molar-refractivity contribution in [1.29, 1.82) is 0 Å². The Hall–Kier alpha value is -2.18. The van der Waals surface area contributed by atoms with Crippen LogP contribution in [0.1, 0.15) is 41.9 Å². The smallest absolute Gasteiger partial charge is 0.262 e. The van der Waals surface area contributed by atoms with E-state index in [1.807, 2.05) is 49.0 Å². The van der Waals surface area contributed by atoms with Gasteiger partial charge >= 0.3 is 0 Å². The molecule has 5 nitrogen and oxygen atoms in total. The van der Waals surface area contributed by atoms with Gasteiger partial charge in [-0.1, -0.05) is 18.2 Å². The fourth-order valence-electron chi connectivity index (χ4n) is 3.99. The molecule has 1 aliphatic rings. The number of unbranched alkanes of at least 4 members (excludes halogenated alkanes) is 1. The van der Waals surface area contributed by atoms with E-state index >= 15 is 0 Å². The molecule has 6 heteroatoms. The first kappa shape index (κ1) is 20.1. The molecule has 1 aliphatic carbocycles. The largest absolute Gasteiger partial charge is 0.494 e. The molecule has 2 aromatic heterocycles.